The average Bonchev–Trinajstić information content (AvgIpc) is 3.06. The minimum Gasteiger partial charge on any atom is -0.343 e. The maximum absolute atomic E-state index is 2.40. The van der Waals surface area contributed by atoms with E-state index >= 15 is 0 Å². The molecule has 1 heteroatoms. The topological polar surface area (TPSA) is 4.93 Å². The van der Waals surface area contributed by atoms with E-state index < -0.39 is 0 Å². The summed E-state index contributed by atoms with van der Waals surface area (Å²) in [4.78, 5) is 0. The first kappa shape index (κ1) is 18.2. The number of benzene rings is 4. The normalized spacial score (nSPS) is 11.9. The Bertz CT molecular complexity index is 1320. The van der Waals surface area contributed by atoms with E-state index in [1.807, 2.05) is 0 Å². The fourth-order valence-electron chi connectivity index (χ4n) is 4.96. The standard InChI is InChI=1S/C28H29N/c1-3-4-5-6-7-10-20-13-15-22-21(19-20)14-16-25-23(22)17-18-26-24-11-8-9-12-27(24)29(2)28(25)26/h8-9,11-19H,3-7,10H2,1-2H3. The van der Waals surface area contributed by atoms with E-state index in [1.54, 1.807) is 0 Å². The molecule has 5 rings (SSSR count). The van der Waals surface area contributed by atoms with Gasteiger partial charge >= 0.3 is 0 Å². The van der Waals surface area contributed by atoms with E-state index in [-0.39, 0.29) is 0 Å². The molecule has 29 heavy (non-hydrogen) atoms. The van der Waals surface area contributed by atoms with Crippen molar-refractivity contribution >= 4 is 43.4 Å². The van der Waals surface area contributed by atoms with Crippen LogP contribution in [0.5, 0.6) is 0 Å². The third kappa shape index (κ3) is 3.09. The summed E-state index contributed by atoms with van der Waals surface area (Å²) < 4.78 is 2.35. The molecular formula is C28H29N. The Kier molecular flexibility index (Phi) is 4.75. The van der Waals surface area contributed by atoms with Gasteiger partial charge in [0, 0.05) is 28.7 Å². The van der Waals surface area contributed by atoms with Gasteiger partial charge in [0.2, 0.25) is 0 Å². The fraction of sp³-hybridized carbons (Fsp3) is 0.286. The monoisotopic (exact) mass is 379 g/mol. The van der Waals surface area contributed by atoms with Gasteiger partial charge in [-0.25, -0.2) is 0 Å². The van der Waals surface area contributed by atoms with Crippen molar-refractivity contribution in [3.63, 3.8) is 0 Å². The molecule has 146 valence electrons. The summed E-state index contributed by atoms with van der Waals surface area (Å²) in [6.07, 6.45) is 7.90. The number of rotatable bonds is 6. The lowest BCUT2D eigenvalue weighted by Crippen LogP contribution is -1.89. The van der Waals surface area contributed by atoms with E-state index in [1.165, 1.54) is 87.4 Å². The average molecular weight is 380 g/mol. The molecule has 0 N–H and O–H groups in total. The van der Waals surface area contributed by atoms with Crippen LogP contribution in [0.25, 0.3) is 43.4 Å². The predicted octanol–water partition coefficient (Wildman–Crippen LogP) is 8.15. The number of hydrogen-bond acceptors (Lipinski definition) is 0. The summed E-state index contributed by atoms with van der Waals surface area (Å²) in [5.74, 6) is 0. The number of fused-ring (bicyclic) bond motifs is 7. The van der Waals surface area contributed by atoms with Crippen LogP contribution in [0.2, 0.25) is 0 Å². The van der Waals surface area contributed by atoms with Gasteiger partial charge in [-0.15, -0.1) is 0 Å². The van der Waals surface area contributed by atoms with Crippen molar-refractivity contribution in [1.29, 1.82) is 0 Å². The van der Waals surface area contributed by atoms with Gasteiger partial charge in [0.05, 0.1) is 5.52 Å². The highest BCUT2D eigenvalue weighted by molar-refractivity contribution is 6.22. The van der Waals surface area contributed by atoms with Gasteiger partial charge in [-0.05, 0) is 40.6 Å². The Balaban J connectivity index is 1.59. The summed E-state index contributed by atoms with van der Waals surface area (Å²) in [6, 6.07) is 25.1. The molecule has 0 spiro atoms. The number of aryl methyl sites for hydroxylation is 2. The van der Waals surface area contributed by atoms with Crippen molar-refractivity contribution in [1.82, 2.24) is 4.57 Å². The molecule has 1 heterocycles. The first-order valence-corrected chi connectivity index (χ1v) is 11.1. The molecule has 0 fully saturated rings. The Morgan fingerprint density at radius 1 is 0.655 bits per heavy atom. The van der Waals surface area contributed by atoms with Crippen LogP contribution in [-0.2, 0) is 13.5 Å². The van der Waals surface area contributed by atoms with Gasteiger partial charge in [0.1, 0.15) is 0 Å². The van der Waals surface area contributed by atoms with Crippen molar-refractivity contribution in [3.05, 3.63) is 72.3 Å². The van der Waals surface area contributed by atoms with Gasteiger partial charge in [0.25, 0.3) is 0 Å². The second-order valence-corrected chi connectivity index (χ2v) is 8.42. The molecule has 0 saturated heterocycles. The minimum atomic E-state index is 1.19. The van der Waals surface area contributed by atoms with Gasteiger partial charge in [0.15, 0.2) is 0 Å². The summed E-state index contributed by atoms with van der Waals surface area (Å²) in [5, 5.41) is 8.12. The van der Waals surface area contributed by atoms with E-state index in [2.05, 4.69) is 85.3 Å². The van der Waals surface area contributed by atoms with Crippen LogP contribution in [0, 0.1) is 0 Å². The zero-order valence-electron chi connectivity index (χ0n) is 17.5. The predicted molar refractivity (Wildman–Crippen MR) is 128 cm³/mol. The van der Waals surface area contributed by atoms with Crippen molar-refractivity contribution in [3.8, 4) is 0 Å². The third-order valence-corrected chi connectivity index (χ3v) is 6.51. The molecule has 0 aliphatic carbocycles. The van der Waals surface area contributed by atoms with Crippen molar-refractivity contribution in [2.24, 2.45) is 7.05 Å². The van der Waals surface area contributed by atoms with Crippen LogP contribution >= 0.6 is 0 Å². The number of aromatic nitrogens is 1. The van der Waals surface area contributed by atoms with Crippen molar-refractivity contribution < 1.29 is 0 Å². The summed E-state index contributed by atoms with van der Waals surface area (Å²) in [6.45, 7) is 2.28. The van der Waals surface area contributed by atoms with Crippen LogP contribution in [0.1, 0.15) is 44.6 Å². The first-order chi connectivity index (χ1) is 14.3. The zero-order chi connectivity index (χ0) is 19.8. The van der Waals surface area contributed by atoms with Crippen molar-refractivity contribution in [2.45, 2.75) is 45.4 Å². The van der Waals surface area contributed by atoms with Crippen LogP contribution in [-0.4, -0.2) is 4.57 Å². The largest absolute Gasteiger partial charge is 0.343 e. The SMILES string of the molecule is CCCCCCCc1ccc2c(ccc3c2ccc2c4ccccc4n(C)c32)c1. The van der Waals surface area contributed by atoms with Crippen LogP contribution in [0.15, 0.2) is 66.7 Å². The lowest BCUT2D eigenvalue weighted by molar-refractivity contribution is 0.632. The molecule has 5 aromatic rings. The van der Waals surface area contributed by atoms with Gasteiger partial charge in [-0.3, -0.25) is 0 Å². The van der Waals surface area contributed by atoms with Crippen LogP contribution < -0.4 is 0 Å². The Morgan fingerprint density at radius 3 is 2.28 bits per heavy atom. The maximum Gasteiger partial charge on any atom is 0.0568 e. The highest BCUT2D eigenvalue weighted by Crippen LogP contribution is 2.36. The highest BCUT2D eigenvalue weighted by Gasteiger charge is 2.12. The second-order valence-electron chi connectivity index (χ2n) is 8.42. The summed E-state index contributed by atoms with van der Waals surface area (Å²) >= 11 is 0. The van der Waals surface area contributed by atoms with Gasteiger partial charge in [-0.1, -0.05) is 93.3 Å². The number of para-hydroxylation sites is 1. The molecule has 1 nitrogen and oxygen atoms in total. The second kappa shape index (κ2) is 7.55. The summed E-state index contributed by atoms with van der Waals surface area (Å²) in [5.41, 5.74) is 4.11. The molecule has 0 atom stereocenters. The number of nitrogens with zero attached hydrogens (tertiary/aromatic N) is 1. The molecule has 1 aromatic heterocycles. The van der Waals surface area contributed by atoms with E-state index in [4.69, 9.17) is 0 Å². The molecule has 0 bridgehead atoms. The first-order valence-electron chi connectivity index (χ1n) is 11.1. The lowest BCUT2D eigenvalue weighted by atomic mass is 9.96. The molecule has 0 radical (unpaired) electrons. The number of unbranched alkanes of at least 4 members (excludes halogenated alkanes) is 4. The lowest BCUT2D eigenvalue weighted by Gasteiger charge is -2.09. The Labute approximate surface area is 172 Å². The fourth-order valence-corrected chi connectivity index (χ4v) is 4.96. The highest BCUT2D eigenvalue weighted by atomic mass is 14.9. The number of hydrogen-bond donors (Lipinski definition) is 0. The van der Waals surface area contributed by atoms with E-state index in [0.717, 1.165) is 0 Å². The van der Waals surface area contributed by atoms with E-state index in [9.17, 15) is 0 Å². The maximum atomic E-state index is 2.40. The van der Waals surface area contributed by atoms with Gasteiger partial charge in [-0.2, -0.15) is 0 Å². The molecule has 0 saturated carbocycles. The molecule has 0 aliphatic rings. The van der Waals surface area contributed by atoms with Crippen LogP contribution in [0.4, 0.5) is 0 Å². The Morgan fingerprint density at radius 2 is 1.38 bits per heavy atom. The minimum absolute atomic E-state index is 1.19. The quantitative estimate of drug-likeness (QED) is 0.207. The van der Waals surface area contributed by atoms with Crippen molar-refractivity contribution in [2.75, 3.05) is 0 Å². The summed E-state index contributed by atoms with van der Waals surface area (Å²) in [7, 11) is 2.19. The van der Waals surface area contributed by atoms with E-state index in [0.29, 0.717) is 0 Å². The Hall–Kier alpha value is -2.80. The molecule has 0 amide bonds. The van der Waals surface area contributed by atoms with Gasteiger partial charge < -0.3 is 4.57 Å². The molecule has 4 aromatic carbocycles. The molecule has 0 unspecified atom stereocenters. The van der Waals surface area contributed by atoms with Crippen LogP contribution in [0.3, 0.4) is 0 Å². The molecular weight excluding hydrogens is 350 g/mol. The zero-order valence-corrected chi connectivity index (χ0v) is 17.5. The molecule has 0 aliphatic heterocycles. The smallest absolute Gasteiger partial charge is 0.0568 e. The third-order valence-electron chi connectivity index (χ3n) is 6.51.